The Morgan fingerprint density at radius 1 is 1.25 bits per heavy atom. The van der Waals surface area contributed by atoms with Gasteiger partial charge in [0.25, 0.3) is 0 Å². The van der Waals surface area contributed by atoms with E-state index in [1.54, 1.807) is 0 Å². The van der Waals surface area contributed by atoms with Crippen LogP contribution >= 0.6 is 15.9 Å². The van der Waals surface area contributed by atoms with Crippen LogP contribution in [0, 0.1) is 0 Å². The maximum Gasteiger partial charge on any atom is 2.00 e. The molecule has 0 saturated carbocycles. The molecule has 0 amide bonds. The van der Waals surface area contributed by atoms with Gasteiger partial charge in [0.1, 0.15) is 0 Å². The minimum absolute atomic E-state index is 0. The van der Waals surface area contributed by atoms with E-state index >= 15 is 0 Å². The monoisotopic (exact) mass is 192 g/mol. The van der Waals surface area contributed by atoms with E-state index in [4.69, 9.17) is 4.74 Å². The second-order valence-corrected chi connectivity index (χ2v) is 1.32. The van der Waals surface area contributed by atoms with Crippen molar-refractivity contribution in [1.29, 1.82) is 0 Å². The van der Waals surface area contributed by atoms with E-state index in [9.17, 15) is 0 Å². The predicted octanol–water partition coefficient (Wildman–Crippen LogP) is 1.65. The molecular formula is C5H13BrMgO. The quantitative estimate of drug-likeness (QED) is 0.420. The first-order valence-corrected chi connectivity index (χ1v) is 4.04. The van der Waals surface area contributed by atoms with Gasteiger partial charge in [-0.2, -0.15) is 0 Å². The van der Waals surface area contributed by atoms with Crippen molar-refractivity contribution in [2.75, 3.05) is 19.0 Å². The molecule has 0 radical (unpaired) electrons. The first-order valence-electron chi connectivity index (χ1n) is 2.46. The molecule has 0 aromatic rings. The van der Waals surface area contributed by atoms with E-state index in [1.165, 1.54) is 12.8 Å². The zero-order valence-electron chi connectivity index (χ0n) is 7.32. The molecule has 1 aliphatic heterocycles. The van der Waals surface area contributed by atoms with Gasteiger partial charge in [0.05, 0.1) is 0 Å². The average molecular weight is 193 g/mol. The number of hydrogen-bond donors (Lipinski definition) is 0. The molecule has 0 aromatic carbocycles. The minimum atomic E-state index is 0. The molecule has 0 N–H and O–H groups in total. The van der Waals surface area contributed by atoms with Crippen molar-refractivity contribution in [3.8, 4) is 0 Å². The summed E-state index contributed by atoms with van der Waals surface area (Å²) in [6.45, 7) is 2.00. The van der Waals surface area contributed by atoms with Gasteiger partial charge in [-0.25, -0.2) is 0 Å². The molecule has 1 saturated heterocycles. The Morgan fingerprint density at radius 2 is 1.62 bits per heavy atom. The molecule has 3 heteroatoms. The maximum atomic E-state index is 4.94. The zero-order chi connectivity index (χ0) is 5.54. The summed E-state index contributed by atoms with van der Waals surface area (Å²) < 4.78 is 4.94. The summed E-state index contributed by atoms with van der Waals surface area (Å²) in [5, 5.41) is 0. The molecule has 0 spiro atoms. The van der Waals surface area contributed by atoms with E-state index in [-0.39, 0.29) is 25.9 Å². The van der Waals surface area contributed by atoms with Crippen molar-refractivity contribution in [3.05, 3.63) is 0 Å². The fourth-order valence-corrected chi connectivity index (χ4v) is 0.510. The van der Waals surface area contributed by atoms with Gasteiger partial charge >= 0.3 is 23.1 Å². The van der Waals surface area contributed by atoms with Crippen LogP contribution in [-0.4, -0.2) is 42.1 Å². The summed E-state index contributed by atoms with van der Waals surface area (Å²) in [5.74, 6) is 1.81. The third kappa shape index (κ3) is 7.21. The normalized spacial score (nSPS) is 15.8. The maximum absolute atomic E-state index is 4.94. The number of halogens is 1. The van der Waals surface area contributed by atoms with Crippen LogP contribution in [0.15, 0.2) is 0 Å². The summed E-state index contributed by atoms with van der Waals surface area (Å²) in [5.41, 5.74) is 0. The molecule has 1 nitrogen and oxygen atoms in total. The second-order valence-electron chi connectivity index (χ2n) is 1.32. The molecule has 48 valence electrons. The Morgan fingerprint density at radius 3 is 1.75 bits per heavy atom. The Balaban J connectivity index is -0.0000000337. The van der Waals surface area contributed by atoms with Gasteiger partial charge in [-0.1, -0.05) is 15.9 Å². The standard InChI is InChI=1S/C4H8O.CH3Br.Mg.2H/c1-2-4-5-3-1;1-2;;;/h1-4H2;1H3;;;/q;;+2;2*-1. The van der Waals surface area contributed by atoms with Gasteiger partial charge in [0, 0.05) is 13.2 Å². The summed E-state index contributed by atoms with van der Waals surface area (Å²) >= 11 is 2.94. The van der Waals surface area contributed by atoms with Crippen LogP contribution in [0.3, 0.4) is 0 Å². The topological polar surface area (TPSA) is 9.23 Å². The van der Waals surface area contributed by atoms with Gasteiger partial charge in [-0.15, -0.1) is 0 Å². The molecule has 1 aliphatic rings. The molecule has 8 heavy (non-hydrogen) atoms. The van der Waals surface area contributed by atoms with Gasteiger partial charge in [-0.05, 0) is 18.7 Å². The zero-order valence-corrected chi connectivity index (χ0v) is 8.32. The minimum Gasteiger partial charge on any atom is -1.00 e. The molecule has 1 heterocycles. The predicted molar refractivity (Wildman–Crippen MR) is 42.9 cm³/mol. The number of hydrogen-bond acceptors (Lipinski definition) is 1. The first-order chi connectivity index (χ1) is 3.50. The Bertz CT molecular complexity index is 31.2. The van der Waals surface area contributed by atoms with E-state index < -0.39 is 0 Å². The van der Waals surface area contributed by atoms with Crippen LogP contribution in [0.1, 0.15) is 15.7 Å². The van der Waals surface area contributed by atoms with E-state index in [2.05, 4.69) is 15.9 Å². The summed E-state index contributed by atoms with van der Waals surface area (Å²) in [7, 11) is 0. The second kappa shape index (κ2) is 11.1. The fourth-order valence-electron chi connectivity index (χ4n) is 0.510. The molecule has 1 rings (SSSR count). The van der Waals surface area contributed by atoms with E-state index in [0.29, 0.717) is 0 Å². The molecule has 0 unspecified atom stereocenters. The summed E-state index contributed by atoms with van der Waals surface area (Å²) in [6, 6.07) is 0. The van der Waals surface area contributed by atoms with Crippen molar-refractivity contribution in [1.82, 2.24) is 0 Å². The van der Waals surface area contributed by atoms with Gasteiger partial charge in [0.15, 0.2) is 0 Å². The average Bonchev–Trinajstić information content (AvgIpc) is 2.23. The smallest absolute Gasteiger partial charge is 1.00 e. The number of ether oxygens (including phenoxy) is 1. The fraction of sp³-hybridized carbons (Fsp3) is 1.00. The van der Waals surface area contributed by atoms with Crippen LogP contribution < -0.4 is 0 Å². The summed E-state index contributed by atoms with van der Waals surface area (Å²) in [4.78, 5) is 0. The van der Waals surface area contributed by atoms with Crippen LogP contribution in [0.25, 0.3) is 0 Å². The largest absolute Gasteiger partial charge is 2.00 e. The van der Waals surface area contributed by atoms with Gasteiger partial charge in [0.2, 0.25) is 0 Å². The molecule has 0 aromatic heterocycles. The van der Waals surface area contributed by atoms with Crippen LogP contribution in [-0.2, 0) is 4.74 Å². The van der Waals surface area contributed by atoms with Gasteiger partial charge < -0.3 is 7.59 Å². The van der Waals surface area contributed by atoms with Crippen molar-refractivity contribution in [2.45, 2.75) is 12.8 Å². The molecule has 0 atom stereocenters. The molecular weight excluding hydrogens is 180 g/mol. The first kappa shape index (κ1) is 11.9. The molecule has 0 aliphatic carbocycles. The van der Waals surface area contributed by atoms with Crippen molar-refractivity contribution < 1.29 is 7.59 Å². The van der Waals surface area contributed by atoms with E-state index in [0.717, 1.165) is 13.2 Å². The number of alkyl halides is 1. The van der Waals surface area contributed by atoms with Crippen LogP contribution in [0.4, 0.5) is 0 Å². The van der Waals surface area contributed by atoms with E-state index in [1.807, 2.05) is 5.83 Å². The summed E-state index contributed by atoms with van der Waals surface area (Å²) in [6.07, 6.45) is 2.56. The third-order valence-electron chi connectivity index (χ3n) is 0.827. The number of rotatable bonds is 0. The van der Waals surface area contributed by atoms with Crippen LogP contribution in [0.5, 0.6) is 0 Å². The Labute approximate surface area is 78.4 Å². The van der Waals surface area contributed by atoms with Gasteiger partial charge in [-0.3, -0.25) is 0 Å². The van der Waals surface area contributed by atoms with Crippen molar-refractivity contribution in [2.24, 2.45) is 0 Å². The Kier molecular flexibility index (Phi) is 16.5. The van der Waals surface area contributed by atoms with Crippen molar-refractivity contribution >= 4 is 39.0 Å². The SMILES string of the molecule is C1CCOC1.CBr.[H-].[H-].[Mg+2]. The Hall–Kier alpha value is 1.21. The molecule has 0 bridgehead atoms. The van der Waals surface area contributed by atoms with Crippen LogP contribution in [0.2, 0.25) is 0 Å². The van der Waals surface area contributed by atoms with Crippen molar-refractivity contribution in [3.63, 3.8) is 0 Å². The third-order valence-corrected chi connectivity index (χ3v) is 0.827. The molecule has 1 fully saturated rings.